The van der Waals surface area contributed by atoms with Crippen molar-refractivity contribution in [3.05, 3.63) is 54.1 Å². The van der Waals surface area contributed by atoms with Gasteiger partial charge in [-0.3, -0.25) is 9.78 Å². The van der Waals surface area contributed by atoms with Crippen LogP contribution in [-0.4, -0.2) is 28.9 Å². The van der Waals surface area contributed by atoms with Crippen molar-refractivity contribution in [2.45, 2.75) is 19.9 Å². The molecule has 1 aromatic carbocycles. The van der Waals surface area contributed by atoms with Gasteiger partial charge in [0, 0.05) is 32.1 Å². The summed E-state index contributed by atoms with van der Waals surface area (Å²) < 4.78 is 13.9. The second kappa shape index (κ2) is 7.54. The third-order valence-corrected chi connectivity index (χ3v) is 3.60. The maximum Gasteiger partial charge on any atom is 0.322 e. The minimum absolute atomic E-state index is 0.00325. The molecule has 6 nitrogen and oxygen atoms in total. The van der Waals surface area contributed by atoms with E-state index in [9.17, 15) is 14.0 Å². The number of carbonyl (C=O) groups excluding carboxylic acids is 2. The van der Waals surface area contributed by atoms with Crippen LogP contribution in [0.2, 0.25) is 0 Å². The highest BCUT2D eigenvalue weighted by molar-refractivity contribution is 5.92. The molecule has 1 aromatic heterocycles. The lowest BCUT2D eigenvalue weighted by Gasteiger charge is -2.25. The van der Waals surface area contributed by atoms with Crippen molar-refractivity contribution in [2.24, 2.45) is 0 Å². The minimum atomic E-state index is -0.583. The number of carbonyl (C=O) groups is 2. The Morgan fingerprint density at radius 1 is 1.25 bits per heavy atom. The fourth-order valence-electron chi connectivity index (χ4n) is 2.13. The lowest BCUT2D eigenvalue weighted by Crippen LogP contribution is -2.33. The average Bonchev–Trinajstić information content (AvgIpc) is 2.56. The Bertz CT molecular complexity index is 737. The first-order valence-corrected chi connectivity index (χ1v) is 7.39. The van der Waals surface area contributed by atoms with Gasteiger partial charge in [0.15, 0.2) is 0 Å². The van der Waals surface area contributed by atoms with Crippen LogP contribution >= 0.6 is 0 Å². The third-order valence-electron chi connectivity index (χ3n) is 3.60. The van der Waals surface area contributed by atoms with E-state index in [2.05, 4.69) is 15.6 Å². The van der Waals surface area contributed by atoms with Gasteiger partial charge in [0.2, 0.25) is 5.91 Å². The molecule has 0 bridgehead atoms. The second-order valence-electron chi connectivity index (χ2n) is 5.38. The molecular formula is C17H19FN4O2. The Labute approximate surface area is 139 Å². The quantitative estimate of drug-likeness (QED) is 0.902. The summed E-state index contributed by atoms with van der Waals surface area (Å²) in [7, 11) is 1.61. The van der Waals surface area contributed by atoms with Crippen LogP contribution < -0.4 is 10.6 Å². The number of amides is 3. The molecule has 0 fully saturated rings. The smallest absolute Gasteiger partial charge is 0.322 e. The summed E-state index contributed by atoms with van der Waals surface area (Å²) in [6, 6.07) is 6.93. The van der Waals surface area contributed by atoms with Crippen molar-refractivity contribution in [3.63, 3.8) is 0 Å². The first-order chi connectivity index (χ1) is 11.4. The monoisotopic (exact) mass is 330 g/mol. The molecule has 2 aromatic rings. The average molecular weight is 330 g/mol. The number of nitrogens with zero attached hydrogens (tertiary/aromatic N) is 2. The highest BCUT2D eigenvalue weighted by Gasteiger charge is 2.19. The second-order valence-corrected chi connectivity index (χ2v) is 5.38. The largest absolute Gasteiger partial charge is 0.326 e. The fraction of sp³-hybridized carbons (Fsp3) is 0.235. The van der Waals surface area contributed by atoms with Crippen LogP contribution in [0.4, 0.5) is 20.6 Å². The Hall–Kier alpha value is -2.96. The summed E-state index contributed by atoms with van der Waals surface area (Å²) in [5, 5.41) is 5.06. The van der Waals surface area contributed by atoms with E-state index >= 15 is 0 Å². The summed E-state index contributed by atoms with van der Waals surface area (Å²) in [5.41, 5.74) is 1.27. The van der Waals surface area contributed by atoms with Crippen LogP contribution in [0.5, 0.6) is 0 Å². The standard InChI is InChI=1S/C17H19FN4O2/c1-11(13-5-4-8-19-10-13)22(3)17(24)21-16-9-14(20-12(2)23)6-7-15(16)18/h4-11H,1-3H3,(H,20,23)(H,21,24). The fourth-order valence-corrected chi connectivity index (χ4v) is 2.13. The molecule has 0 radical (unpaired) electrons. The van der Waals surface area contributed by atoms with Gasteiger partial charge in [-0.1, -0.05) is 6.07 Å². The molecule has 0 aliphatic heterocycles. The number of urea groups is 1. The number of anilines is 2. The van der Waals surface area contributed by atoms with Crippen molar-refractivity contribution >= 4 is 23.3 Å². The molecule has 24 heavy (non-hydrogen) atoms. The van der Waals surface area contributed by atoms with Crippen LogP contribution in [0.1, 0.15) is 25.5 Å². The van der Waals surface area contributed by atoms with E-state index in [1.54, 1.807) is 25.5 Å². The molecule has 0 saturated carbocycles. The SMILES string of the molecule is CC(=O)Nc1ccc(F)c(NC(=O)N(C)C(C)c2cccnc2)c1. The maximum absolute atomic E-state index is 13.9. The Morgan fingerprint density at radius 3 is 2.62 bits per heavy atom. The van der Waals surface area contributed by atoms with Crippen LogP contribution in [0.15, 0.2) is 42.7 Å². The molecular weight excluding hydrogens is 311 g/mol. The van der Waals surface area contributed by atoms with Crippen molar-refractivity contribution in [1.29, 1.82) is 0 Å². The van der Waals surface area contributed by atoms with E-state index < -0.39 is 11.8 Å². The molecule has 1 heterocycles. The van der Waals surface area contributed by atoms with Crippen LogP contribution in [0, 0.1) is 5.82 Å². The maximum atomic E-state index is 13.9. The van der Waals surface area contributed by atoms with Crippen molar-refractivity contribution in [1.82, 2.24) is 9.88 Å². The first kappa shape index (κ1) is 17.4. The molecule has 0 aliphatic rings. The molecule has 1 atom stereocenters. The molecule has 1 unspecified atom stereocenters. The van der Waals surface area contributed by atoms with Gasteiger partial charge in [0.25, 0.3) is 0 Å². The Kier molecular flexibility index (Phi) is 5.47. The molecule has 2 N–H and O–H groups in total. The van der Waals surface area contributed by atoms with Gasteiger partial charge in [0.05, 0.1) is 11.7 Å². The zero-order chi connectivity index (χ0) is 17.7. The van der Waals surface area contributed by atoms with E-state index in [0.717, 1.165) is 5.56 Å². The number of rotatable bonds is 4. The highest BCUT2D eigenvalue weighted by atomic mass is 19.1. The van der Waals surface area contributed by atoms with Gasteiger partial charge >= 0.3 is 6.03 Å². The van der Waals surface area contributed by atoms with Gasteiger partial charge in [-0.15, -0.1) is 0 Å². The topological polar surface area (TPSA) is 74.3 Å². The van der Waals surface area contributed by atoms with E-state index in [-0.39, 0.29) is 17.6 Å². The minimum Gasteiger partial charge on any atom is -0.326 e. The zero-order valence-electron chi connectivity index (χ0n) is 13.7. The molecule has 0 saturated heterocycles. The Morgan fingerprint density at radius 2 is 2.00 bits per heavy atom. The molecule has 3 amide bonds. The number of pyridine rings is 1. The summed E-state index contributed by atoms with van der Waals surface area (Å²) in [5.74, 6) is -0.860. The number of halogens is 1. The first-order valence-electron chi connectivity index (χ1n) is 7.39. The predicted octanol–water partition coefficient (Wildman–Crippen LogP) is 3.40. The van der Waals surface area contributed by atoms with Crippen molar-refractivity contribution < 1.29 is 14.0 Å². The lowest BCUT2D eigenvalue weighted by atomic mass is 10.1. The summed E-state index contributed by atoms with van der Waals surface area (Å²) >= 11 is 0. The van der Waals surface area contributed by atoms with E-state index in [1.807, 2.05) is 13.0 Å². The zero-order valence-corrected chi connectivity index (χ0v) is 13.7. The predicted molar refractivity (Wildman–Crippen MR) is 90.1 cm³/mol. The lowest BCUT2D eigenvalue weighted by molar-refractivity contribution is -0.114. The van der Waals surface area contributed by atoms with Gasteiger partial charge in [-0.2, -0.15) is 0 Å². The van der Waals surface area contributed by atoms with Crippen LogP contribution in [0.25, 0.3) is 0 Å². The number of hydrogen-bond acceptors (Lipinski definition) is 3. The van der Waals surface area contributed by atoms with E-state index in [4.69, 9.17) is 0 Å². The number of benzene rings is 1. The van der Waals surface area contributed by atoms with Crippen molar-refractivity contribution in [3.8, 4) is 0 Å². The van der Waals surface area contributed by atoms with Gasteiger partial charge in [-0.25, -0.2) is 9.18 Å². The highest BCUT2D eigenvalue weighted by Crippen LogP contribution is 2.22. The summed E-state index contributed by atoms with van der Waals surface area (Å²) in [6.45, 7) is 3.20. The summed E-state index contributed by atoms with van der Waals surface area (Å²) in [6.07, 6.45) is 3.33. The van der Waals surface area contributed by atoms with Gasteiger partial charge < -0.3 is 15.5 Å². The normalized spacial score (nSPS) is 11.5. The summed E-state index contributed by atoms with van der Waals surface area (Å²) in [4.78, 5) is 28.9. The molecule has 126 valence electrons. The Balaban J connectivity index is 2.12. The van der Waals surface area contributed by atoms with E-state index in [0.29, 0.717) is 5.69 Å². The van der Waals surface area contributed by atoms with Gasteiger partial charge in [0.1, 0.15) is 5.82 Å². The van der Waals surface area contributed by atoms with Gasteiger partial charge in [-0.05, 0) is 36.8 Å². The van der Waals surface area contributed by atoms with E-state index in [1.165, 1.54) is 30.0 Å². The number of hydrogen-bond donors (Lipinski definition) is 2. The third kappa shape index (κ3) is 4.28. The molecule has 2 rings (SSSR count). The number of nitrogens with one attached hydrogen (secondary N) is 2. The van der Waals surface area contributed by atoms with Crippen LogP contribution in [0.3, 0.4) is 0 Å². The van der Waals surface area contributed by atoms with Crippen LogP contribution in [-0.2, 0) is 4.79 Å². The molecule has 0 spiro atoms. The molecule has 7 heteroatoms. The van der Waals surface area contributed by atoms with Crippen molar-refractivity contribution in [2.75, 3.05) is 17.7 Å². The molecule has 0 aliphatic carbocycles. The number of aromatic nitrogens is 1.